The quantitative estimate of drug-likeness (QED) is 0.340. The molecule has 0 radical (unpaired) electrons. The minimum Gasteiger partial charge on any atom is -0.251 e. The summed E-state index contributed by atoms with van der Waals surface area (Å²) >= 11 is 0. The summed E-state index contributed by atoms with van der Waals surface area (Å²) in [5.74, 6) is -0.292. The molecular formula is C21H19F3N8+2. The van der Waals surface area contributed by atoms with Crippen LogP contribution < -0.4 is 9.13 Å². The highest BCUT2D eigenvalue weighted by Gasteiger charge is 2.71. The first-order chi connectivity index (χ1) is 15.0. The second kappa shape index (κ2) is 5.59. The number of halogens is 3. The molecule has 0 N–H and O–H groups in total. The topological polar surface area (TPSA) is 69.2 Å². The average Bonchev–Trinajstić information content (AvgIpc) is 3.42. The summed E-state index contributed by atoms with van der Waals surface area (Å²) < 4.78 is 47.6. The molecule has 1 atom stereocenters. The molecule has 32 heavy (non-hydrogen) atoms. The van der Waals surface area contributed by atoms with E-state index in [2.05, 4.69) is 40.9 Å². The first-order valence-electron chi connectivity index (χ1n) is 10.1. The Balaban J connectivity index is 1.76. The Labute approximate surface area is 180 Å². The van der Waals surface area contributed by atoms with Crippen molar-refractivity contribution in [1.82, 2.24) is 29.5 Å². The normalized spacial score (nSPS) is 18.6. The lowest BCUT2D eigenvalue weighted by molar-refractivity contribution is -0.990. The maximum atomic E-state index is 13.6. The number of hydrogen-bond donors (Lipinski definition) is 0. The van der Waals surface area contributed by atoms with Crippen LogP contribution in [0.5, 0.6) is 0 Å². The minimum atomic E-state index is -4.59. The van der Waals surface area contributed by atoms with Crippen molar-refractivity contribution in [3.05, 3.63) is 60.1 Å². The summed E-state index contributed by atoms with van der Waals surface area (Å²) in [5.41, 5.74) is 1.50. The summed E-state index contributed by atoms with van der Waals surface area (Å²) in [6.45, 7) is 8.07. The van der Waals surface area contributed by atoms with Crippen molar-refractivity contribution < 1.29 is 22.3 Å². The molecule has 0 saturated carbocycles. The maximum Gasteiger partial charge on any atom is 0.584 e. The van der Waals surface area contributed by atoms with Crippen molar-refractivity contribution in [3.8, 4) is 22.9 Å². The van der Waals surface area contributed by atoms with Crippen molar-refractivity contribution in [2.45, 2.75) is 45.2 Å². The second-order valence-corrected chi connectivity index (χ2v) is 9.07. The van der Waals surface area contributed by atoms with Gasteiger partial charge >= 0.3 is 12.1 Å². The van der Waals surface area contributed by atoms with Gasteiger partial charge in [0.1, 0.15) is 12.0 Å². The molecule has 0 bridgehead atoms. The summed E-state index contributed by atoms with van der Waals surface area (Å²) in [4.78, 5) is 8.76. The summed E-state index contributed by atoms with van der Waals surface area (Å²) in [7, 11) is 0. The van der Waals surface area contributed by atoms with Crippen LogP contribution in [-0.4, -0.2) is 29.5 Å². The number of pyridine rings is 1. The fourth-order valence-corrected chi connectivity index (χ4v) is 4.55. The lowest BCUT2D eigenvalue weighted by Gasteiger charge is -2.19. The summed E-state index contributed by atoms with van der Waals surface area (Å²) in [6, 6.07) is 5.04. The largest absolute Gasteiger partial charge is 0.584 e. The average molecular weight is 440 g/mol. The molecule has 0 aromatic carbocycles. The zero-order chi connectivity index (χ0) is 22.6. The minimum absolute atomic E-state index is 0.129. The number of rotatable bonds is 0. The van der Waals surface area contributed by atoms with Crippen molar-refractivity contribution in [3.63, 3.8) is 0 Å². The third kappa shape index (κ3) is 2.17. The van der Waals surface area contributed by atoms with Crippen LogP contribution in [0.2, 0.25) is 0 Å². The van der Waals surface area contributed by atoms with E-state index in [1.54, 1.807) is 24.0 Å². The van der Waals surface area contributed by atoms with Crippen LogP contribution in [0.4, 0.5) is 13.2 Å². The van der Waals surface area contributed by atoms with Crippen molar-refractivity contribution >= 4 is 0 Å². The number of aryl methyl sites for hydroxylation is 1. The van der Waals surface area contributed by atoms with Gasteiger partial charge in [0.15, 0.2) is 23.8 Å². The Morgan fingerprint density at radius 2 is 1.72 bits per heavy atom. The lowest BCUT2D eigenvalue weighted by atomic mass is 9.87. The van der Waals surface area contributed by atoms with Crippen LogP contribution in [0, 0.1) is 6.92 Å². The van der Waals surface area contributed by atoms with Gasteiger partial charge in [0.05, 0.1) is 6.20 Å². The molecule has 1 spiro atoms. The van der Waals surface area contributed by atoms with E-state index >= 15 is 0 Å². The van der Waals surface area contributed by atoms with Crippen LogP contribution in [0.3, 0.4) is 0 Å². The first-order valence-corrected chi connectivity index (χ1v) is 10.1. The van der Waals surface area contributed by atoms with Crippen molar-refractivity contribution in [2.75, 3.05) is 0 Å². The van der Waals surface area contributed by atoms with E-state index in [0.29, 0.717) is 23.0 Å². The van der Waals surface area contributed by atoms with Gasteiger partial charge in [-0.2, -0.15) is 18.3 Å². The highest BCUT2D eigenvalue weighted by Crippen LogP contribution is 2.40. The van der Waals surface area contributed by atoms with Gasteiger partial charge in [0.25, 0.3) is 11.4 Å². The van der Waals surface area contributed by atoms with E-state index in [4.69, 9.17) is 0 Å². The van der Waals surface area contributed by atoms with Crippen molar-refractivity contribution in [1.29, 1.82) is 0 Å². The van der Waals surface area contributed by atoms with Gasteiger partial charge in [0, 0.05) is 18.2 Å². The standard InChI is InChI=1S/C21H19F3N8/c1-12-26-18-15-9-13(19(2,3)4)5-7-29(15)21(32(18)27-12)30-8-6-25-11-16(30)14-10-17(20(22,23)24)28-31(14)21/h5-11H,1-4H3/q+2. The second-order valence-electron chi connectivity index (χ2n) is 9.07. The number of aromatic nitrogens is 8. The molecule has 6 heterocycles. The van der Waals surface area contributed by atoms with Crippen LogP contribution in [0.25, 0.3) is 22.9 Å². The monoisotopic (exact) mass is 440 g/mol. The number of hydrogen-bond acceptors (Lipinski definition) is 4. The molecule has 0 amide bonds. The van der Waals surface area contributed by atoms with E-state index in [-0.39, 0.29) is 5.41 Å². The summed E-state index contributed by atoms with van der Waals surface area (Å²) in [6.07, 6.45) is 2.12. The molecule has 0 aliphatic carbocycles. The molecule has 1 unspecified atom stereocenters. The Morgan fingerprint density at radius 1 is 0.969 bits per heavy atom. The van der Waals surface area contributed by atoms with Crippen LogP contribution >= 0.6 is 0 Å². The molecule has 8 nitrogen and oxygen atoms in total. The number of alkyl halides is 3. The van der Waals surface area contributed by atoms with Crippen LogP contribution in [0.1, 0.15) is 37.9 Å². The van der Waals surface area contributed by atoms with Gasteiger partial charge in [-0.15, -0.1) is 9.78 Å². The third-order valence-corrected chi connectivity index (χ3v) is 6.00. The molecule has 0 saturated heterocycles. The van der Waals surface area contributed by atoms with Crippen molar-refractivity contribution in [2.24, 2.45) is 0 Å². The molecule has 162 valence electrons. The SMILES string of the molecule is Cc1nc2n(n1)C1(n3nc(C(F)(F)F)cc3-c3cncc[n+]31)[n+]1ccc(C(C)(C)C)cc1-2. The fraction of sp³-hybridized carbons (Fsp3) is 0.333. The Bertz CT molecular complexity index is 1430. The first kappa shape index (κ1) is 19.1. The van der Waals surface area contributed by atoms with Gasteiger partial charge in [-0.05, 0) is 17.9 Å². The predicted molar refractivity (Wildman–Crippen MR) is 104 cm³/mol. The zero-order valence-corrected chi connectivity index (χ0v) is 17.8. The molecular weight excluding hydrogens is 421 g/mol. The van der Waals surface area contributed by atoms with E-state index in [1.165, 1.54) is 10.9 Å². The fourth-order valence-electron chi connectivity index (χ4n) is 4.55. The van der Waals surface area contributed by atoms with Gasteiger partial charge in [-0.3, -0.25) is 4.98 Å². The van der Waals surface area contributed by atoms with E-state index in [1.807, 2.05) is 27.5 Å². The zero-order valence-electron chi connectivity index (χ0n) is 17.8. The third-order valence-electron chi connectivity index (χ3n) is 6.00. The van der Waals surface area contributed by atoms with Crippen LogP contribution in [-0.2, 0) is 17.5 Å². The molecule has 4 aromatic heterocycles. The van der Waals surface area contributed by atoms with Gasteiger partial charge in [0.2, 0.25) is 5.82 Å². The maximum absolute atomic E-state index is 13.6. The number of fused-ring (bicyclic) bond motifs is 10. The lowest BCUT2D eigenvalue weighted by Crippen LogP contribution is -2.77. The number of nitrogens with zero attached hydrogens (tertiary/aromatic N) is 8. The van der Waals surface area contributed by atoms with Gasteiger partial charge in [-0.1, -0.05) is 34.6 Å². The van der Waals surface area contributed by atoms with Gasteiger partial charge in [-0.25, -0.2) is 4.98 Å². The predicted octanol–water partition coefficient (Wildman–Crippen LogP) is 2.24. The molecule has 11 heteroatoms. The Hall–Kier alpha value is -3.63. The molecule has 4 aromatic rings. The van der Waals surface area contributed by atoms with Crippen LogP contribution in [0.15, 0.2) is 43.0 Å². The Morgan fingerprint density at radius 3 is 2.44 bits per heavy atom. The molecule has 2 aliphatic rings. The molecule has 2 aliphatic heterocycles. The van der Waals surface area contributed by atoms with E-state index < -0.39 is 17.8 Å². The van der Waals surface area contributed by atoms with E-state index in [9.17, 15) is 13.2 Å². The van der Waals surface area contributed by atoms with E-state index in [0.717, 1.165) is 17.3 Å². The highest BCUT2D eigenvalue weighted by molar-refractivity contribution is 5.56. The molecule has 0 fully saturated rings. The molecule has 6 rings (SSSR count). The summed E-state index contributed by atoms with van der Waals surface area (Å²) in [5, 5.41) is 8.63. The highest BCUT2D eigenvalue weighted by atomic mass is 19.4. The Kier molecular flexibility index (Phi) is 3.33. The van der Waals surface area contributed by atoms with Gasteiger partial charge < -0.3 is 0 Å². The smallest absolute Gasteiger partial charge is 0.251 e.